The molecule has 9 heteroatoms. The maximum Gasteiger partial charge on any atom is 0.264 e. The molecule has 0 radical (unpaired) electrons. The van der Waals surface area contributed by atoms with Crippen molar-refractivity contribution in [3.05, 3.63) is 52.6 Å². The maximum absolute atomic E-state index is 13.3. The van der Waals surface area contributed by atoms with E-state index < -0.39 is 23.2 Å². The van der Waals surface area contributed by atoms with Crippen LogP contribution in [-0.4, -0.2) is 43.7 Å². The van der Waals surface area contributed by atoms with Gasteiger partial charge in [0.15, 0.2) is 0 Å². The number of carbonyl (C=O) groups is 2. The third kappa shape index (κ3) is 3.56. The number of benzene rings is 1. The number of nitrogens with one attached hydrogen (secondary N) is 1. The van der Waals surface area contributed by atoms with Crippen molar-refractivity contribution in [1.29, 1.82) is 0 Å². The van der Waals surface area contributed by atoms with Crippen molar-refractivity contribution in [2.24, 2.45) is 7.05 Å². The summed E-state index contributed by atoms with van der Waals surface area (Å²) in [6.07, 6.45) is 1.60. The van der Waals surface area contributed by atoms with Crippen LogP contribution in [0, 0.1) is 5.82 Å². The second-order valence-electron chi connectivity index (χ2n) is 6.24. The number of aryl methyl sites for hydroxylation is 1. The fourth-order valence-electron chi connectivity index (χ4n) is 2.92. The number of hydrogen-bond acceptors (Lipinski definition) is 4. The molecule has 2 N–H and O–H groups in total. The van der Waals surface area contributed by atoms with Crippen LogP contribution in [0.1, 0.15) is 17.7 Å². The number of rotatable bonds is 5. The van der Waals surface area contributed by atoms with E-state index in [-0.39, 0.29) is 31.1 Å². The van der Waals surface area contributed by atoms with E-state index in [4.69, 9.17) is 11.6 Å². The number of halogens is 2. The van der Waals surface area contributed by atoms with Crippen LogP contribution in [0.4, 0.5) is 4.39 Å². The van der Waals surface area contributed by atoms with Gasteiger partial charge in [-0.05, 0) is 29.8 Å². The van der Waals surface area contributed by atoms with Gasteiger partial charge in [-0.2, -0.15) is 5.10 Å². The number of likely N-dealkylation sites (tertiary alicyclic amines) is 1. The lowest BCUT2D eigenvalue weighted by Gasteiger charge is -2.21. The van der Waals surface area contributed by atoms with E-state index >= 15 is 0 Å². The third-order valence-electron chi connectivity index (χ3n) is 4.41. The number of aromatic nitrogens is 2. The second kappa shape index (κ2) is 7.05. The smallest absolute Gasteiger partial charge is 0.264 e. The first-order chi connectivity index (χ1) is 12.3. The minimum Gasteiger partial charge on any atom is -0.372 e. The van der Waals surface area contributed by atoms with Gasteiger partial charge in [0.2, 0.25) is 5.60 Å². The topological polar surface area (TPSA) is 87.5 Å². The Morgan fingerprint density at radius 2 is 2.23 bits per heavy atom. The van der Waals surface area contributed by atoms with Gasteiger partial charge in [0, 0.05) is 37.8 Å². The van der Waals surface area contributed by atoms with Crippen LogP contribution in [0.15, 0.2) is 30.5 Å². The van der Waals surface area contributed by atoms with E-state index in [0.29, 0.717) is 5.56 Å². The first-order valence-corrected chi connectivity index (χ1v) is 8.39. The fraction of sp³-hybridized carbons (Fsp3) is 0.353. The molecule has 1 aromatic carbocycles. The third-order valence-corrected chi connectivity index (χ3v) is 4.63. The van der Waals surface area contributed by atoms with E-state index in [0.717, 1.165) is 11.8 Å². The van der Waals surface area contributed by atoms with E-state index in [1.807, 2.05) is 0 Å². The highest BCUT2D eigenvalue weighted by Crippen LogP contribution is 2.25. The summed E-state index contributed by atoms with van der Waals surface area (Å²) in [5, 5.41) is 17.3. The van der Waals surface area contributed by atoms with Gasteiger partial charge < -0.3 is 15.3 Å². The summed E-state index contributed by atoms with van der Waals surface area (Å²) in [4.78, 5) is 26.3. The number of hydrogen-bond donors (Lipinski definition) is 2. The normalized spacial score (nSPS) is 19.8. The molecule has 2 amide bonds. The molecule has 2 heterocycles. The van der Waals surface area contributed by atoms with E-state index in [1.54, 1.807) is 24.0 Å². The Bertz CT molecular complexity index is 836. The summed E-state index contributed by atoms with van der Waals surface area (Å²) in [6, 6.07) is 5.64. The predicted molar refractivity (Wildman–Crippen MR) is 91.4 cm³/mol. The summed E-state index contributed by atoms with van der Waals surface area (Å²) >= 11 is 5.77. The highest BCUT2D eigenvalue weighted by atomic mass is 35.5. The Hall–Kier alpha value is -2.45. The summed E-state index contributed by atoms with van der Waals surface area (Å²) in [5.74, 6) is -2.00. The van der Waals surface area contributed by atoms with Crippen LogP contribution >= 0.6 is 11.6 Å². The van der Waals surface area contributed by atoms with Gasteiger partial charge in [0.1, 0.15) is 5.82 Å². The molecular formula is C17H18ClFN4O3. The summed E-state index contributed by atoms with van der Waals surface area (Å²) in [5.41, 5.74) is -0.906. The molecule has 0 aliphatic carbocycles. The number of carbonyl (C=O) groups excluding carboxylic acids is 2. The zero-order valence-electron chi connectivity index (χ0n) is 14.1. The molecule has 1 atom stereocenters. The van der Waals surface area contributed by atoms with Crippen molar-refractivity contribution < 1.29 is 19.1 Å². The Labute approximate surface area is 154 Å². The SMILES string of the molecule is Cn1nccc1CN1CCC(O)(C(=O)NCc2cc(F)cc(Cl)c2)C1=O. The summed E-state index contributed by atoms with van der Waals surface area (Å²) in [7, 11) is 1.75. The second-order valence-corrected chi connectivity index (χ2v) is 6.68. The number of amides is 2. The highest BCUT2D eigenvalue weighted by Gasteiger charge is 2.51. The molecule has 3 rings (SSSR count). The van der Waals surface area contributed by atoms with Crippen molar-refractivity contribution in [3.8, 4) is 0 Å². The monoisotopic (exact) mass is 380 g/mol. The van der Waals surface area contributed by atoms with Crippen LogP contribution in [0.2, 0.25) is 5.02 Å². The minimum absolute atomic E-state index is 0.0145. The van der Waals surface area contributed by atoms with Crippen molar-refractivity contribution in [2.45, 2.75) is 25.1 Å². The van der Waals surface area contributed by atoms with E-state index in [9.17, 15) is 19.1 Å². The van der Waals surface area contributed by atoms with E-state index in [2.05, 4.69) is 10.4 Å². The van der Waals surface area contributed by atoms with Gasteiger partial charge in [-0.3, -0.25) is 14.3 Å². The summed E-state index contributed by atoms with van der Waals surface area (Å²) in [6.45, 7) is 0.456. The largest absolute Gasteiger partial charge is 0.372 e. The van der Waals surface area contributed by atoms with Crippen LogP contribution in [-0.2, 0) is 29.7 Å². The Balaban J connectivity index is 1.65. The van der Waals surface area contributed by atoms with Gasteiger partial charge in [0.05, 0.1) is 12.2 Å². The van der Waals surface area contributed by atoms with Crippen LogP contribution in [0.3, 0.4) is 0 Å². The molecule has 0 spiro atoms. The molecule has 7 nitrogen and oxygen atoms in total. The van der Waals surface area contributed by atoms with Crippen LogP contribution in [0.5, 0.6) is 0 Å². The average Bonchev–Trinajstić information content (AvgIpc) is 3.11. The van der Waals surface area contributed by atoms with Crippen molar-refractivity contribution in [3.63, 3.8) is 0 Å². The molecule has 2 aromatic rings. The number of nitrogens with zero attached hydrogens (tertiary/aromatic N) is 3. The molecule has 1 aliphatic heterocycles. The molecule has 0 saturated carbocycles. The average molecular weight is 381 g/mol. The molecule has 1 aromatic heterocycles. The zero-order chi connectivity index (χ0) is 18.9. The standard InChI is InChI=1S/C17H18ClFN4O3/c1-22-14(2-4-21-22)10-23-5-3-17(26,16(23)25)15(24)20-9-11-6-12(18)8-13(19)7-11/h2,4,6-8,26H,3,5,9-10H2,1H3,(H,20,24). The van der Waals surface area contributed by atoms with Gasteiger partial charge in [0.25, 0.3) is 11.8 Å². The Kier molecular flexibility index (Phi) is 4.97. The molecule has 1 saturated heterocycles. The highest BCUT2D eigenvalue weighted by molar-refractivity contribution is 6.30. The van der Waals surface area contributed by atoms with Gasteiger partial charge in [-0.15, -0.1) is 0 Å². The molecule has 0 bridgehead atoms. The van der Waals surface area contributed by atoms with Crippen LogP contribution in [0.25, 0.3) is 0 Å². The predicted octanol–water partition coefficient (Wildman–Crippen LogP) is 0.992. The molecule has 26 heavy (non-hydrogen) atoms. The Morgan fingerprint density at radius 3 is 2.88 bits per heavy atom. The lowest BCUT2D eigenvalue weighted by molar-refractivity contribution is -0.154. The fourth-order valence-corrected chi connectivity index (χ4v) is 3.17. The molecule has 138 valence electrons. The molecule has 1 aliphatic rings. The molecular weight excluding hydrogens is 363 g/mol. The van der Waals surface area contributed by atoms with Gasteiger partial charge >= 0.3 is 0 Å². The lowest BCUT2D eigenvalue weighted by Crippen LogP contribution is -2.52. The van der Waals surface area contributed by atoms with Gasteiger partial charge in [-0.25, -0.2) is 4.39 Å². The maximum atomic E-state index is 13.3. The van der Waals surface area contributed by atoms with Gasteiger partial charge in [-0.1, -0.05) is 11.6 Å². The minimum atomic E-state index is -2.13. The van der Waals surface area contributed by atoms with E-state index in [1.165, 1.54) is 17.0 Å². The quantitative estimate of drug-likeness (QED) is 0.757. The first-order valence-electron chi connectivity index (χ1n) is 8.01. The van der Waals surface area contributed by atoms with Crippen LogP contribution < -0.4 is 5.32 Å². The van der Waals surface area contributed by atoms with Crippen molar-refractivity contribution >= 4 is 23.4 Å². The summed E-state index contributed by atoms with van der Waals surface area (Å²) < 4.78 is 15.0. The zero-order valence-corrected chi connectivity index (χ0v) is 14.8. The van der Waals surface area contributed by atoms with Crippen molar-refractivity contribution in [2.75, 3.05) is 6.54 Å². The number of aliphatic hydroxyl groups is 1. The first kappa shape index (κ1) is 18.3. The molecule has 1 unspecified atom stereocenters. The molecule has 1 fully saturated rings. The Morgan fingerprint density at radius 1 is 1.46 bits per heavy atom. The lowest BCUT2D eigenvalue weighted by atomic mass is 10.0. The van der Waals surface area contributed by atoms with Crippen molar-refractivity contribution in [1.82, 2.24) is 20.0 Å².